The third kappa shape index (κ3) is 2.18. The Hall–Kier alpha value is -2.68. The lowest BCUT2D eigenvalue weighted by molar-refractivity contribution is 0.466. The molecule has 2 N–H and O–H groups in total. The first-order valence-electron chi connectivity index (χ1n) is 5.91. The zero-order chi connectivity index (χ0) is 13.2. The van der Waals surface area contributed by atoms with E-state index in [4.69, 9.17) is 4.74 Å². The van der Waals surface area contributed by atoms with Crippen LogP contribution in [0, 0.1) is 0 Å². The van der Waals surface area contributed by atoms with E-state index in [0.717, 1.165) is 10.8 Å². The average molecular weight is 252 g/mol. The summed E-state index contributed by atoms with van der Waals surface area (Å²) in [5.74, 6) is 1.73. The van der Waals surface area contributed by atoms with Crippen molar-refractivity contribution in [2.45, 2.75) is 0 Å². The minimum Gasteiger partial charge on any atom is -0.508 e. The molecule has 0 spiro atoms. The number of benzene rings is 3. The van der Waals surface area contributed by atoms with Crippen LogP contribution in [0.1, 0.15) is 0 Å². The van der Waals surface area contributed by atoms with E-state index in [1.54, 1.807) is 36.4 Å². The van der Waals surface area contributed by atoms with Crippen molar-refractivity contribution < 1.29 is 14.9 Å². The molecule has 0 aliphatic heterocycles. The van der Waals surface area contributed by atoms with Gasteiger partial charge >= 0.3 is 0 Å². The lowest BCUT2D eigenvalue weighted by Gasteiger charge is -2.09. The molecule has 0 saturated heterocycles. The Morgan fingerprint density at radius 2 is 1.37 bits per heavy atom. The standard InChI is InChI=1S/C16H12O3/c17-11-7-9-12(10-8-11)19-16-6-2-3-13-14(16)4-1-5-15(13)18/h1-10,17-18H. The summed E-state index contributed by atoms with van der Waals surface area (Å²) in [6.45, 7) is 0. The molecule has 0 unspecified atom stereocenters. The number of ether oxygens (including phenoxy) is 1. The maximum Gasteiger partial charge on any atom is 0.135 e. The van der Waals surface area contributed by atoms with Crippen molar-refractivity contribution >= 4 is 10.8 Å². The zero-order valence-electron chi connectivity index (χ0n) is 10.1. The Kier molecular flexibility index (Phi) is 2.72. The maximum absolute atomic E-state index is 9.81. The first-order valence-corrected chi connectivity index (χ1v) is 5.91. The van der Waals surface area contributed by atoms with Crippen molar-refractivity contribution in [1.29, 1.82) is 0 Å². The van der Waals surface area contributed by atoms with E-state index >= 15 is 0 Å². The molecule has 3 aromatic carbocycles. The Labute approximate surface area is 110 Å². The van der Waals surface area contributed by atoms with Gasteiger partial charge < -0.3 is 14.9 Å². The molecule has 3 aromatic rings. The Bertz CT molecular complexity index is 718. The fourth-order valence-electron chi connectivity index (χ4n) is 1.99. The highest BCUT2D eigenvalue weighted by Gasteiger charge is 2.05. The molecule has 3 nitrogen and oxygen atoms in total. The predicted molar refractivity (Wildman–Crippen MR) is 73.8 cm³/mol. The van der Waals surface area contributed by atoms with Crippen LogP contribution in [-0.2, 0) is 0 Å². The largest absolute Gasteiger partial charge is 0.508 e. The summed E-state index contributed by atoms with van der Waals surface area (Å²) in [6.07, 6.45) is 0. The van der Waals surface area contributed by atoms with Crippen LogP contribution in [0.4, 0.5) is 0 Å². The quantitative estimate of drug-likeness (QED) is 0.723. The third-order valence-electron chi connectivity index (χ3n) is 2.92. The number of hydrogen-bond donors (Lipinski definition) is 2. The van der Waals surface area contributed by atoms with Crippen molar-refractivity contribution in [1.82, 2.24) is 0 Å². The van der Waals surface area contributed by atoms with Gasteiger partial charge in [0, 0.05) is 10.8 Å². The monoisotopic (exact) mass is 252 g/mol. The van der Waals surface area contributed by atoms with Gasteiger partial charge in [0.15, 0.2) is 0 Å². The van der Waals surface area contributed by atoms with Crippen LogP contribution in [0.3, 0.4) is 0 Å². The molecular weight excluding hydrogens is 240 g/mol. The van der Waals surface area contributed by atoms with Gasteiger partial charge in [-0.1, -0.05) is 24.3 Å². The molecule has 0 aliphatic rings. The number of phenolic OH excluding ortho intramolecular Hbond substituents is 2. The molecule has 0 aromatic heterocycles. The molecule has 94 valence electrons. The first-order chi connectivity index (χ1) is 9.24. The molecule has 19 heavy (non-hydrogen) atoms. The molecule has 0 radical (unpaired) electrons. The maximum atomic E-state index is 9.81. The van der Waals surface area contributed by atoms with Crippen LogP contribution >= 0.6 is 0 Å². The van der Waals surface area contributed by atoms with Gasteiger partial charge in [-0.25, -0.2) is 0 Å². The smallest absolute Gasteiger partial charge is 0.135 e. The summed E-state index contributed by atoms with van der Waals surface area (Å²) in [5.41, 5.74) is 0. The van der Waals surface area contributed by atoms with Crippen molar-refractivity contribution in [3.63, 3.8) is 0 Å². The molecule has 0 aliphatic carbocycles. The topological polar surface area (TPSA) is 49.7 Å². The lowest BCUT2D eigenvalue weighted by atomic mass is 10.1. The van der Waals surface area contributed by atoms with E-state index in [0.29, 0.717) is 11.5 Å². The van der Waals surface area contributed by atoms with Crippen LogP contribution in [-0.4, -0.2) is 10.2 Å². The van der Waals surface area contributed by atoms with Crippen molar-refractivity contribution in [2.24, 2.45) is 0 Å². The molecule has 0 atom stereocenters. The molecule has 3 rings (SSSR count). The summed E-state index contributed by atoms with van der Waals surface area (Å²) < 4.78 is 5.78. The summed E-state index contributed by atoms with van der Waals surface area (Å²) in [4.78, 5) is 0. The van der Waals surface area contributed by atoms with E-state index in [-0.39, 0.29) is 11.5 Å². The highest BCUT2D eigenvalue weighted by atomic mass is 16.5. The Morgan fingerprint density at radius 3 is 2.16 bits per heavy atom. The zero-order valence-corrected chi connectivity index (χ0v) is 10.1. The average Bonchev–Trinajstić information content (AvgIpc) is 2.43. The number of rotatable bonds is 2. The van der Waals surface area contributed by atoms with Gasteiger partial charge in [0.1, 0.15) is 23.0 Å². The molecule has 0 bridgehead atoms. The van der Waals surface area contributed by atoms with E-state index in [9.17, 15) is 10.2 Å². The van der Waals surface area contributed by atoms with Gasteiger partial charge in [0.2, 0.25) is 0 Å². The van der Waals surface area contributed by atoms with Gasteiger partial charge in [-0.3, -0.25) is 0 Å². The Balaban J connectivity index is 2.06. The van der Waals surface area contributed by atoms with Crippen molar-refractivity contribution in [2.75, 3.05) is 0 Å². The SMILES string of the molecule is Oc1ccc(Oc2cccc3c(O)cccc23)cc1. The van der Waals surface area contributed by atoms with Gasteiger partial charge in [0.05, 0.1) is 0 Å². The van der Waals surface area contributed by atoms with Crippen LogP contribution in [0.15, 0.2) is 60.7 Å². The fraction of sp³-hybridized carbons (Fsp3) is 0. The normalized spacial score (nSPS) is 10.5. The fourth-order valence-corrected chi connectivity index (χ4v) is 1.99. The van der Waals surface area contributed by atoms with Crippen molar-refractivity contribution in [3.8, 4) is 23.0 Å². The van der Waals surface area contributed by atoms with Crippen molar-refractivity contribution in [3.05, 3.63) is 60.7 Å². The highest BCUT2D eigenvalue weighted by Crippen LogP contribution is 2.34. The minimum absolute atomic E-state index is 0.197. The van der Waals surface area contributed by atoms with Gasteiger partial charge in [-0.05, 0) is 36.4 Å². The summed E-state index contributed by atoms with van der Waals surface area (Å²) >= 11 is 0. The molecule has 3 heteroatoms. The third-order valence-corrected chi connectivity index (χ3v) is 2.92. The minimum atomic E-state index is 0.197. The van der Waals surface area contributed by atoms with Crippen LogP contribution in [0.5, 0.6) is 23.0 Å². The van der Waals surface area contributed by atoms with Gasteiger partial charge in [0.25, 0.3) is 0 Å². The predicted octanol–water partition coefficient (Wildman–Crippen LogP) is 4.04. The van der Waals surface area contributed by atoms with Gasteiger partial charge in [-0.2, -0.15) is 0 Å². The second-order valence-corrected chi connectivity index (χ2v) is 4.22. The van der Waals surface area contributed by atoms with E-state index < -0.39 is 0 Å². The summed E-state index contributed by atoms with van der Waals surface area (Å²) in [7, 11) is 0. The molecule has 0 saturated carbocycles. The summed E-state index contributed by atoms with van der Waals surface area (Å²) in [6, 6.07) is 17.4. The Morgan fingerprint density at radius 1 is 0.684 bits per heavy atom. The van der Waals surface area contributed by atoms with Gasteiger partial charge in [-0.15, -0.1) is 0 Å². The van der Waals surface area contributed by atoms with E-state index in [2.05, 4.69) is 0 Å². The first kappa shape index (κ1) is 11.4. The number of hydrogen-bond acceptors (Lipinski definition) is 3. The van der Waals surface area contributed by atoms with Crippen LogP contribution in [0.2, 0.25) is 0 Å². The molecule has 0 fully saturated rings. The highest BCUT2D eigenvalue weighted by molar-refractivity contribution is 5.92. The summed E-state index contributed by atoms with van der Waals surface area (Å²) in [5, 5.41) is 20.6. The van der Waals surface area contributed by atoms with Crippen LogP contribution in [0.25, 0.3) is 10.8 Å². The van der Waals surface area contributed by atoms with E-state index in [1.165, 1.54) is 0 Å². The molecule has 0 amide bonds. The number of phenols is 2. The number of fused-ring (bicyclic) bond motifs is 1. The van der Waals surface area contributed by atoms with Crippen LogP contribution < -0.4 is 4.74 Å². The lowest BCUT2D eigenvalue weighted by Crippen LogP contribution is -1.85. The molecular formula is C16H12O3. The van der Waals surface area contributed by atoms with E-state index in [1.807, 2.05) is 24.3 Å². The second kappa shape index (κ2) is 4.53. The second-order valence-electron chi connectivity index (χ2n) is 4.22. The molecule has 0 heterocycles. The number of aromatic hydroxyl groups is 2.